The normalized spacial score (nSPS) is 11.7. The third kappa shape index (κ3) is 4.62. The van der Waals surface area contributed by atoms with Crippen LogP contribution in [-0.4, -0.2) is 30.1 Å². The van der Waals surface area contributed by atoms with Crippen LogP contribution in [0.3, 0.4) is 0 Å². The number of aromatic nitrogens is 3. The first-order valence-corrected chi connectivity index (χ1v) is 8.23. The van der Waals surface area contributed by atoms with Crippen LogP contribution in [0.5, 0.6) is 0 Å². The van der Waals surface area contributed by atoms with Crippen molar-refractivity contribution in [2.24, 2.45) is 0 Å². The molecule has 7 nitrogen and oxygen atoms in total. The fraction of sp³-hybridized carbons (Fsp3) is 0.385. The fourth-order valence-electron chi connectivity index (χ4n) is 1.79. The molecule has 1 aromatic carbocycles. The molecule has 0 unspecified atom stereocenters. The van der Waals surface area contributed by atoms with Crippen LogP contribution in [0.15, 0.2) is 35.5 Å². The Morgan fingerprint density at radius 3 is 2.86 bits per heavy atom. The Morgan fingerprint density at radius 1 is 1.29 bits per heavy atom. The van der Waals surface area contributed by atoms with Crippen LogP contribution in [0.2, 0.25) is 0 Å². The number of H-pyrrole nitrogens is 1. The summed E-state index contributed by atoms with van der Waals surface area (Å²) in [5.41, 5.74) is 0.936. The Labute approximate surface area is 124 Å². The monoisotopic (exact) mass is 309 g/mol. The summed E-state index contributed by atoms with van der Waals surface area (Å²) in [6.45, 7) is 3.72. The number of hydrogen-bond acceptors (Lipinski definition) is 5. The molecule has 2 aromatic rings. The zero-order valence-electron chi connectivity index (χ0n) is 11.8. The van der Waals surface area contributed by atoms with Gasteiger partial charge in [0.05, 0.1) is 11.4 Å². The van der Waals surface area contributed by atoms with E-state index in [9.17, 15) is 8.42 Å². The van der Waals surface area contributed by atoms with Crippen molar-refractivity contribution in [3.8, 4) is 0 Å². The molecule has 2 rings (SSSR count). The van der Waals surface area contributed by atoms with Gasteiger partial charge in [0.1, 0.15) is 12.2 Å². The summed E-state index contributed by atoms with van der Waals surface area (Å²) >= 11 is 0. The van der Waals surface area contributed by atoms with Gasteiger partial charge in [0.25, 0.3) is 0 Å². The first kappa shape index (κ1) is 15.6. The quantitative estimate of drug-likeness (QED) is 0.626. The summed E-state index contributed by atoms with van der Waals surface area (Å²) in [5.74, 6) is 0.472. The highest BCUT2D eigenvalue weighted by Gasteiger charge is 2.14. The third-order valence-electron chi connectivity index (χ3n) is 2.86. The first-order valence-electron chi connectivity index (χ1n) is 6.75. The molecule has 8 heteroatoms. The fourth-order valence-corrected chi connectivity index (χ4v) is 2.85. The van der Waals surface area contributed by atoms with Crippen molar-refractivity contribution in [3.63, 3.8) is 0 Å². The first-order chi connectivity index (χ1) is 10.1. The molecule has 0 atom stereocenters. The van der Waals surface area contributed by atoms with E-state index in [4.69, 9.17) is 0 Å². The van der Waals surface area contributed by atoms with E-state index in [0.717, 1.165) is 18.5 Å². The van der Waals surface area contributed by atoms with Crippen molar-refractivity contribution in [3.05, 3.63) is 42.0 Å². The van der Waals surface area contributed by atoms with Crippen molar-refractivity contribution in [2.75, 3.05) is 6.54 Å². The average molecular weight is 309 g/mol. The number of sulfonamides is 1. The molecule has 1 aromatic heterocycles. The SMILES string of the molecule is CCCNCc1cccc(S(=O)(=O)NCc2ncn[nH]2)c1. The predicted molar refractivity (Wildman–Crippen MR) is 78.8 cm³/mol. The molecule has 0 bridgehead atoms. The molecule has 114 valence electrons. The molecule has 1 heterocycles. The van der Waals surface area contributed by atoms with E-state index < -0.39 is 10.0 Å². The lowest BCUT2D eigenvalue weighted by Crippen LogP contribution is -2.24. The Morgan fingerprint density at radius 2 is 2.14 bits per heavy atom. The van der Waals surface area contributed by atoms with Gasteiger partial charge in [-0.15, -0.1) is 0 Å². The summed E-state index contributed by atoms with van der Waals surface area (Å²) in [7, 11) is -3.56. The summed E-state index contributed by atoms with van der Waals surface area (Å²) in [6, 6.07) is 6.89. The van der Waals surface area contributed by atoms with Crippen LogP contribution in [0.25, 0.3) is 0 Å². The maximum atomic E-state index is 12.2. The number of hydrogen-bond donors (Lipinski definition) is 3. The maximum Gasteiger partial charge on any atom is 0.240 e. The molecule has 0 saturated heterocycles. The second-order valence-electron chi connectivity index (χ2n) is 4.58. The highest BCUT2D eigenvalue weighted by molar-refractivity contribution is 7.89. The molecule has 0 aliphatic heterocycles. The lowest BCUT2D eigenvalue weighted by Gasteiger charge is -2.08. The van der Waals surface area contributed by atoms with Gasteiger partial charge in [-0.2, -0.15) is 5.10 Å². The lowest BCUT2D eigenvalue weighted by molar-refractivity contribution is 0.579. The summed E-state index contributed by atoms with van der Waals surface area (Å²) in [6.07, 6.45) is 2.38. The van der Waals surface area contributed by atoms with Gasteiger partial charge in [-0.1, -0.05) is 19.1 Å². The van der Waals surface area contributed by atoms with E-state index >= 15 is 0 Å². The molecule has 21 heavy (non-hydrogen) atoms. The van der Waals surface area contributed by atoms with E-state index in [2.05, 4.69) is 32.1 Å². The molecule has 0 aliphatic rings. The van der Waals surface area contributed by atoms with Gasteiger partial charge in [0.15, 0.2) is 0 Å². The zero-order chi connectivity index (χ0) is 15.1. The van der Waals surface area contributed by atoms with Gasteiger partial charge in [-0.05, 0) is 30.7 Å². The van der Waals surface area contributed by atoms with E-state index in [1.54, 1.807) is 18.2 Å². The molecule has 0 radical (unpaired) electrons. The molecule has 0 amide bonds. The standard InChI is InChI=1S/C13H19N5O2S/c1-2-6-14-8-11-4-3-5-12(7-11)21(19,20)17-9-13-15-10-16-18-13/h3-5,7,10,14,17H,2,6,8-9H2,1H3,(H,15,16,18). The smallest absolute Gasteiger partial charge is 0.240 e. The van der Waals surface area contributed by atoms with Gasteiger partial charge >= 0.3 is 0 Å². The van der Waals surface area contributed by atoms with E-state index in [-0.39, 0.29) is 11.4 Å². The van der Waals surface area contributed by atoms with Gasteiger partial charge in [-0.3, -0.25) is 5.10 Å². The van der Waals surface area contributed by atoms with Crippen LogP contribution in [0.1, 0.15) is 24.7 Å². The van der Waals surface area contributed by atoms with Crippen LogP contribution < -0.4 is 10.0 Å². The Hall–Kier alpha value is -1.77. The van der Waals surface area contributed by atoms with Crippen molar-refractivity contribution < 1.29 is 8.42 Å². The van der Waals surface area contributed by atoms with E-state index in [0.29, 0.717) is 12.4 Å². The summed E-state index contributed by atoms with van der Waals surface area (Å²) in [5, 5.41) is 9.53. The minimum Gasteiger partial charge on any atom is -0.313 e. The van der Waals surface area contributed by atoms with E-state index in [1.807, 2.05) is 6.07 Å². The van der Waals surface area contributed by atoms with Gasteiger partial charge < -0.3 is 5.32 Å². The summed E-state index contributed by atoms with van der Waals surface area (Å²) in [4.78, 5) is 4.12. The van der Waals surface area contributed by atoms with Crippen LogP contribution >= 0.6 is 0 Å². The Bertz CT molecular complexity index is 655. The molecular formula is C13H19N5O2S. The van der Waals surface area contributed by atoms with E-state index in [1.165, 1.54) is 6.33 Å². The second kappa shape index (κ2) is 7.30. The maximum absolute atomic E-state index is 12.2. The lowest BCUT2D eigenvalue weighted by atomic mass is 10.2. The van der Waals surface area contributed by atoms with Crippen LogP contribution in [0.4, 0.5) is 0 Å². The average Bonchev–Trinajstić information content (AvgIpc) is 2.99. The van der Waals surface area contributed by atoms with Crippen LogP contribution in [0, 0.1) is 0 Å². The van der Waals surface area contributed by atoms with Crippen molar-refractivity contribution in [2.45, 2.75) is 31.3 Å². The molecule has 0 fully saturated rings. The van der Waals surface area contributed by atoms with Crippen molar-refractivity contribution in [1.29, 1.82) is 0 Å². The molecule has 0 aliphatic carbocycles. The summed E-state index contributed by atoms with van der Waals surface area (Å²) < 4.78 is 26.9. The number of nitrogens with zero attached hydrogens (tertiary/aromatic N) is 2. The Kier molecular flexibility index (Phi) is 5.43. The highest BCUT2D eigenvalue weighted by atomic mass is 32.2. The molecule has 3 N–H and O–H groups in total. The van der Waals surface area contributed by atoms with Crippen molar-refractivity contribution in [1.82, 2.24) is 25.2 Å². The molecule has 0 spiro atoms. The third-order valence-corrected chi connectivity index (χ3v) is 4.26. The minimum atomic E-state index is -3.56. The van der Waals surface area contributed by atoms with Crippen molar-refractivity contribution >= 4 is 10.0 Å². The number of aromatic amines is 1. The second-order valence-corrected chi connectivity index (χ2v) is 6.35. The van der Waals surface area contributed by atoms with Gasteiger partial charge in [0.2, 0.25) is 10.0 Å². The largest absolute Gasteiger partial charge is 0.313 e. The molecule has 0 saturated carbocycles. The molecular weight excluding hydrogens is 290 g/mol. The number of rotatable bonds is 8. The topological polar surface area (TPSA) is 99.8 Å². The predicted octanol–water partition coefficient (Wildman–Crippen LogP) is 0.783. The van der Waals surface area contributed by atoms with Gasteiger partial charge in [-0.25, -0.2) is 18.1 Å². The van der Waals surface area contributed by atoms with Gasteiger partial charge in [0, 0.05) is 6.54 Å². The number of nitrogens with one attached hydrogen (secondary N) is 3. The zero-order valence-corrected chi connectivity index (χ0v) is 12.7. The highest BCUT2D eigenvalue weighted by Crippen LogP contribution is 2.11. The Balaban J connectivity index is 2.03. The van der Waals surface area contributed by atoms with Crippen LogP contribution in [-0.2, 0) is 23.1 Å². The minimum absolute atomic E-state index is 0.0840. The number of benzene rings is 1.